The molecule has 0 aliphatic carbocycles. The van der Waals surface area contributed by atoms with E-state index in [-0.39, 0.29) is 6.61 Å². The van der Waals surface area contributed by atoms with Crippen molar-refractivity contribution in [3.8, 4) is 11.5 Å². The number of ether oxygens (including phenoxy) is 1. The normalized spacial score (nSPS) is 10.5. The van der Waals surface area contributed by atoms with Crippen molar-refractivity contribution in [2.75, 3.05) is 6.61 Å². The fraction of sp³-hybridized carbons (Fsp3) is 0.200. The molecule has 0 spiro atoms. The first kappa shape index (κ1) is 13.9. The van der Waals surface area contributed by atoms with Crippen LogP contribution in [-0.2, 0) is 13.0 Å². The average Bonchev–Trinajstić information content (AvgIpc) is 2.42. The van der Waals surface area contributed by atoms with Crippen LogP contribution < -0.4 is 10.5 Å². The van der Waals surface area contributed by atoms with Gasteiger partial charge in [0.2, 0.25) is 0 Å². The Kier molecular flexibility index (Phi) is 4.80. The minimum absolute atomic E-state index is 0.145. The Morgan fingerprint density at radius 3 is 2.47 bits per heavy atom. The van der Waals surface area contributed by atoms with Crippen LogP contribution in [0.15, 0.2) is 42.5 Å². The summed E-state index contributed by atoms with van der Waals surface area (Å²) in [6.45, 7) is 0.543. The minimum Gasteiger partial charge on any atom is -0.457 e. The lowest BCUT2D eigenvalue weighted by Crippen LogP contribution is -1.99. The summed E-state index contributed by atoms with van der Waals surface area (Å²) in [7, 11) is 0. The van der Waals surface area contributed by atoms with E-state index in [2.05, 4.69) is 0 Å². The molecule has 0 saturated heterocycles. The molecular weight excluding hydrogens is 262 g/mol. The molecule has 0 unspecified atom stereocenters. The zero-order valence-electron chi connectivity index (χ0n) is 10.5. The highest BCUT2D eigenvalue weighted by Gasteiger charge is 2.05. The monoisotopic (exact) mass is 277 g/mol. The van der Waals surface area contributed by atoms with Crippen molar-refractivity contribution in [3.63, 3.8) is 0 Å². The fourth-order valence-electron chi connectivity index (χ4n) is 1.77. The second-order valence-electron chi connectivity index (χ2n) is 4.18. The van der Waals surface area contributed by atoms with Gasteiger partial charge in [0.15, 0.2) is 0 Å². The molecule has 0 amide bonds. The SMILES string of the molecule is NCc1ccc(Cl)cc1Oc1ccc(CCO)cc1. The maximum absolute atomic E-state index is 8.86. The number of nitrogens with two attached hydrogens (primary N) is 1. The highest BCUT2D eigenvalue weighted by molar-refractivity contribution is 6.30. The lowest BCUT2D eigenvalue weighted by molar-refractivity contribution is 0.299. The standard InChI is InChI=1S/C15H16ClNO2/c16-13-4-3-12(10-17)15(9-13)19-14-5-1-11(2-6-14)7-8-18/h1-6,9,18H,7-8,10,17H2. The largest absolute Gasteiger partial charge is 0.457 e. The molecule has 0 radical (unpaired) electrons. The number of benzene rings is 2. The first-order valence-electron chi connectivity index (χ1n) is 6.09. The molecule has 2 aromatic rings. The Labute approximate surface area is 117 Å². The van der Waals surface area contributed by atoms with E-state index in [4.69, 9.17) is 27.2 Å². The molecule has 2 aromatic carbocycles. The second-order valence-corrected chi connectivity index (χ2v) is 4.61. The molecule has 0 atom stereocenters. The van der Waals surface area contributed by atoms with Crippen LogP contribution in [-0.4, -0.2) is 11.7 Å². The lowest BCUT2D eigenvalue weighted by Gasteiger charge is -2.11. The van der Waals surface area contributed by atoms with Gasteiger partial charge in [0.1, 0.15) is 11.5 Å². The molecule has 3 nitrogen and oxygen atoms in total. The Balaban J connectivity index is 2.18. The van der Waals surface area contributed by atoms with Crippen molar-refractivity contribution in [2.45, 2.75) is 13.0 Å². The molecule has 0 aromatic heterocycles. The first-order chi connectivity index (χ1) is 9.22. The third kappa shape index (κ3) is 3.70. The van der Waals surface area contributed by atoms with Gasteiger partial charge >= 0.3 is 0 Å². The zero-order chi connectivity index (χ0) is 13.7. The van der Waals surface area contributed by atoms with E-state index in [1.165, 1.54) is 0 Å². The van der Waals surface area contributed by atoms with Crippen molar-refractivity contribution >= 4 is 11.6 Å². The van der Waals surface area contributed by atoms with Crippen LogP contribution in [0.25, 0.3) is 0 Å². The summed E-state index contributed by atoms with van der Waals surface area (Å²) in [5, 5.41) is 9.48. The highest BCUT2D eigenvalue weighted by atomic mass is 35.5. The number of hydrogen-bond donors (Lipinski definition) is 2. The second kappa shape index (κ2) is 6.57. The van der Waals surface area contributed by atoms with Crippen LogP contribution in [0.3, 0.4) is 0 Å². The van der Waals surface area contributed by atoms with Gasteiger partial charge < -0.3 is 15.6 Å². The maximum Gasteiger partial charge on any atom is 0.133 e. The van der Waals surface area contributed by atoms with E-state index in [1.807, 2.05) is 30.3 Å². The summed E-state index contributed by atoms with van der Waals surface area (Å²) in [6, 6.07) is 13.0. The number of halogens is 1. The van der Waals surface area contributed by atoms with Gasteiger partial charge in [-0.3, -0.25) is 0 Å². The average molecular weight is 278 g/mol. The Morgan fingerprint density at radius 1 is 1.11 bits per heavy atom. The molecule has 0 bridgehead atoms. The maximum atomic E-state index is 8.86. The van der Waals surface area contributed by atoms with Gasteiger partial charge in [0.25, 0.3) is 0 Å². The smallest absolute Gasteiger partial charge is 0.133 e. The summed E-state index contributed by atoms with van der Waals surface area (Å²) in [4.78, 5) is 0. The van der Waals surface area contributed by atoms with Crippen LogP contribution in [0.5, 0.6) is 11.5 Å². The molecule has 0 fully saturated rings. The first-order valence-corrected chi connectivity index (χ1v) is 6.47. The minimum atomic E-state index is 0.145. The fourth-order valence-corrected chi connectivity index (χ4v) is 1.93. The van der Waals surface area contributed by atoms with E-state index in [9.17, 15) is 0 Å². The van der Waals surface area contributed by atoms with Crippen molar-refractivity contribution in [2.24, 2.45) is 5.73 Å². The van der Waals surface area contributed by atoms with Crippen molar-refractivity contribution in [1.29, 1.82) is 0 Å². The van der Waals surface area contributed by atoms with E-state index in [0.29, 0.717) is 23.7 Å². The van der Waals surface area contributed by atoms with Crippen LogP contribution in [0.1, 0.15) is 11.1 Å². The number of hydrogen-bond acceptors (Lipinski definition) is 3. The highest BCUT2D eigenvalue weighted by Crippen LogP contribution is 2.28. The molecule has 19 heavy (non-hydrogen) atoms. The molecule has 0 saturated carbocycles. The van der Waals surface area contributed by atoms with E-state index in [1.54, 1.807) is 12.1 Å². The van der Waals surface area contributed by atoms with E-state index >= 15 is 0 Å². The van der Waals surface area contributed by atoms with Gasteiger partial charge in [-0.25, -0.2) is 0 Å². The molecule has 0 heterocycles. The number of aliphatic hydroxyl groups is 1. The van der Waals surface area contributed by atoms with Gasteiger partial charge in [-0.05, 0) is 36.2 Å². The van der Waals surface area contributed by atoms with Crippen LogP contribution in [0.2, 0.25) is 5.02 Å². The predicted molar refractivity (Wildman–Crippen MR) is 76.6 cm³/mol. The third-order valence-electron chi connectivity index (χ3n) is 2.80. The molecule has 3 N–H and O–H groups in total. The van der Waals surface area contributed by atoms with Gasteiger partial charge in [-0.15, -0.1) is 0 Å². The Hall–Kier alpha value is -1.55. The molecule has 0 aliphatic heterocycles. The summed E-state index contributed by atoms with van der Waals surface area (Å²) < 4.78 is 5.79. The topological polar surface area (TPSA) is 55.5 Å². The van der Waals surface area contributed by atoms with E-state index in [0.717, 1.165) is 16.9 Å². The zero-order valence-corrected chi connectivity index (χ0v) is 11.2. The quantitative estimate of drug-likeness (QED) is 0.883. The molecule has 2 rings (SSSR count). The Bertz CT molecular complexity index is 540. The predicted octanol–water partition coefficient (Wildman–Crippen LogP) is 3.13. The summed E-state index contributed by atoms with van der Waals surface area (Å²) in [6.07, 6.45) is 0.644. The lowest BCUT2D eigenvalue weighted by atomic mass is 10.1. The van der Waals surface area contributed by atoms with Crippen molar-refractivity contribution in [3.05, 3.63) is 58.6 Å². The number of rotatable bonds is 5. The van der Waals surface area contributed by atoms with Crippen molar-refractivity contribution in [1.82, 2.24) is 0 Å². The summed E-state index contributed by atoms with van der Waals surface area (Å²) in [5.41, 5.74) is 7.64. The van der Waals surface area contributed by atoms with Crippen LogP contribution in [0.4, 0.5) is 0 Å². The van der Waals surface area contributed by atoms with Gasteiger partial charge in [0, 0.05) is 23.7 Å². The third-order valence-corrected chi connectivity index (χ3v) is 3.04. The molecular formula is C15H16ClNO2. The molecule has 100 valence electrons. The Morgan fingerprint density at radius 2 is 1.84 bits per heavy atom. The van der Waals surface area contributed by atoms with Crippen LogP contribution >= 0.6 is 11.6 Å². The number of aliphatic hydroxyl groups excluding tert-OH is 1. The molecule has 4 heteroatoms. The van der Waals surface area contributed by atoms with Crippen LogP contribution in [0, 0.1) is 0 Å². The summed E-state index contributed by atoms with van der Waals surface area (Å²) in [5.74, 6) is 1.39. The molecule has 0 aliphatic rings. The van der Waals surface area contributed by atoms with Gasteiger partial charge in [0.05, 0.1) is 0 Å². The van der Waals surface area contributed by atoms with Gasteiger partial charge in [-0.1, -0.05) is 29.8 Å². The summed E-state index contributed by atoms with van der Waals surface area (Å²) >= 11 is 5.96. The van der Waals surface area contributed by atoms with Gasteiger partial charge in [-0.2, -0.15) is 0 Å². The van der Waals surface area contributed by atoms with E-state index < -0.39 is 0 Å². The van der Waals surface area contributed by atoms with Crippen molar-refractivity contribution < 1.29 is 9.84 Å².